The van der Waals surface area contributed by atoms with Crippen LogP contribution in [0.15, 0.2) is 48.5 Å². The molecule has 1 fully saturated rings. The van der Waals surface area contributed by atoms with E-state index in [-0.39, 0.29) is 23.8 Å². The van der Waals surface area contributed by atoms with E-state index in [1.807, 2.05) is 48.5 Å². The van der Waals surface area contributed by atoms with E-state index in [2.05, 4.69) is 29.4 Å². The molecule has 0 saturated carbocycles. The van der Waals surface area contributed by atoms with Crippen molar-refractivity contribution in [3.63, 3.8) is 0 Å². The number of nitrogens with one attached hydrogen (secondary N) is 2. The first kappa shape index (κ1) is 22.9. The predicted octanol–water partition coefficient (Wildman–Crippen LogP) is 3.32. The molecule has 7 heteroatoms. The third-order valence-corrected chi connectivity index (χ3v) is 5.87. The van der Waals surface area contributed by atoms with E-state index < -0.39 is 0 Å². The molecule has 3 rings (SSSR count). The summed E-state index contributed by atoms with van der Waals surface area (Å²) in [4.78, 5) is 15.3. The van der Waals surface area contributed by atoms with E-state index in [0.29, 0.717) is 36.2 Å². The second-order valence-corrected chi connectivity index (χ2v) is 8.40. The minimum atomic E-state index is -0.267. The van der Waals surface area contributed by atoms with Crippen LogP contribution < -0.4 is 20.1 Å². The van der Waals surface area contributed by atoms with Gasteiger partial charge in [-0.1, -0.05) is 42.5 Å². The molecule has 6 nitrogen and oxygen atoms in total. The third-order valence-electron chi connectivity index (χ3n) is 5.50. The minimum absolute atomic E-state index is 0.00794. The molecule has 166 valence electrons. The number of carbonyl (C=O) groups is 1. The van der Waals surface area contributed by atoms with E-state index in [1.165, 1.54) is 0 Å². The van der Waals surface area contributed by atoms with Crippen molar-refractivity contribution >= 4 is 23.2 Å². The van der Waals surface area contributed by atoms with Crippen LogP contribution in [0.2, 0.25) is 0 Å². The Morgan fingerprint density at radius 2 is 1.84 bits per heavy atom. The molecular weight excluding hydrogens is 410 g/mol. The Morgan fingerprint density at radius 3 is 2.48 bits per heavy atom. The first-order chi connectivity index (χ1) is 14.9. The van der Waals surface area contributed by atoms with Gasteiger partial charge in [0.15, 0.2) is 16.6 Å². The smallest absolute Gasteiger partial charge is 0.225 e. The molecular formula is C24H31N3O3S. The molecule has 2 aromatic carbocycles. The van der Waals surface area contributed by atoms with Gasteiger partial charge in [0.05, 0.1) is 20.1 Å². The van der Waals surface area contributed by atoms with Crippen molar-refractivity contribution < 1.29 is 14.3 Å². The lowest BCUT2D eigenvalue weighted by molar-refractivity contribution is -0.125. The molecule has 2 aromatic rings. The summed E-state index contributed by atoms with van der Waals surface area (Å²) in [6, 6.07) is 15.9. The van der Waals surface area contributed by atoms with Crippen LogP contribution in [0, 0.1) is 5.92 Å². The van der Waals surface area contributed by atoms with Crippen molar-refractivity contribution in [2.45, 2.75) is 32.4 Å². The number of likely N-dealkylation sites (tertiary alicyclic amines) is 1. The van der Waals surface area contributed by atoms with Gasteiger partial charge in [-0.2, -0.15) is 0 Å². The van der Waals surface area contributed by atoms with Crippen LogP contribution in [-0.2, 0) is 11.3 Å². The highest BCUT2D eigenvalue weighted by Crippen LogP contribution is 2.42. The molecule has 0 bridgehead atoms. The van der Waals surface area contributed by atoms with Crippen molar-refractivity contribution in [2.75, 3.05) is 27.3 Å². The Labute approximate surface area is 189 Å². The number of rotatable bonds is 7. The van der Waals surface area contributed by atoms with Gasteiger partial charge < -0.3 is 25.0 Å². The van der Waals surface area contributed by atoms with Gasteiger partial charge in [0.2, 0.25) is 5.91 Å². The number of thiocarbonyl (C=S) groups is 1. The molecule has 2 N–H and O–H groups in total. The fraction of sp³-hybridized carbons (Fsp3) is 0.417. The van der Waals surface area contributed by atoms with E-state index in [0.717, 1.165) is 11.1 Å². The molecule has 2 atom stereocenters. The Morgan fingerprint density at radius 1 is 1.10 bits per heavy atom. The molecule has 0 radical (unpaired) electrons. The van der Waals surface area contributed by atoms with Gasteiger partial charge >= 0.3 is 0 Å². The van der Waals surface area contributed by atoms with Crippen molar-refractivity contribution in [1.29, 1.82) is 0 Å². The summed E-state index contributed by atoms with van der Waals surface area (Å²) in [7, 11) is 3.25. The summed E-state index contributed by atoms with van der Waals surface area (Å²) >= 11 is 5.61. The molecule has 1 aliphatic heterocycles. The number of nitrogens with zero attached hydrogens (tertiary/aromatic N) is 1. The van der Waals surface area contributed by atoms with Crippen molar-refractivity contribution in [3.05, 3.63) is 59.7 Å². The first-order valence-corrected chi connectivity index (χ1v) is 10.9. The number of methoxy groups -OCH3 is 2. The number of benzene rings is 2. The molecule has 0 aromatic heterocycles. The zero-order chi connectivity index (χ0) is 22.4. The molecule has 0 spiro atoms. The van der Waals surface area contributed by atoms with Crippen LogP contribution in [0.25, 0.3) is 0 Å². The van der Waals surface area contributed by atoms with Gasteiger partial charge in [-0.25, -0.2) is 0 Å². The normalized spacial score (nSPS) is 18.0. The average Bonchev–Trinajstić information content (AvgIpc) is 3.22. The van der Waals surface area contributed by atoms with Crippen LogP contribution >= 0.6 is 12.2 Å². The summed E-state index contributed by atoms with van der Waals surface area (Å²) in [6.45, 7) is 5.77. The molecule has 1 saturated heterocycles. The topological polar surface area (TPSA) is 62.8 Å². The fourth-order valence-corrected chi connectivity index (χ4v) is 4.39. The lowest BCUT2D eigenvalue weighted by Gasteiger charge is -2.23. The molecule has 0 unspecified atom stereocenters. The monoisotopic (exact) mass is 441 g/mol. The largest absolute Gasteiger partial charge is 0.493 e. The number of carbonyl (C=O) groups excluding carboxylic acids is 1. The van der Waals surface area contributed by atoms with Crippen LogP contribution in [-0.4, -0.2) is 49.3 Å². The number of para-hydroxylation sites is 1. The maximum Gasteiger partial charge on any atom is 0.225 e. The second kappa shape index (κ2) is 10.5. The zero-order valence-corrected chi connectivity index (χ0v) is 19.4. The first-order valence-electron chi connectivity index (χ1n) is 10.5. The Balaban J connectivity index is 1.86. The second-order valence-electron chi connectivity index (χ2n) is 8.01. The van der Waals surface area contributed by atoms with Crippen LogP contribution in [0.5, 0.6) is 11.5 Å². The summed E-state index contributed by atoms with van der Waals surface area (Å²) < 4.78 is 11.2. The van der Waals surface area contributed by atoms with Crippen LogP contribution in [0.3, 0.4) is 0 Å². The summed E-state index contributed by atoms with van der Waals surface area (Å²) in [5.74, 6) is 0.989. The minimum Gasteiger partial charge on any atom is -0.493 e. The average molecular weight is 442 g/mol. The predicted molar refractivity (Wildman–Crippen MR) is 127 cm³/mol. The van der Waals surface area contributed by atoms with Crippen LogP contribution in [0.1, 0.15) is 30.9 Å². The molecule has 0 aliphatic carbocycles. The maximum absolute atomic E-state index is 13.3. The Hall–Kier alpha value is -2.80. The highest BCUT2D eigenvalue weighted by Gasteiger charge is 2.41. The van der Waals surface area contributed by atoms with Crippen molar-refractivity contribution in [3.8, 4) is 11.5 Å². The summed E-state index contributed by atoms with van der Waals surface area (Å²) in [5, 5.41) is 7.07. The molecule has 1 heterocycles. The van der Waals surface area contributed by atoms with Crippen LogP contribution in [0.4, 0.5) is 0 Å². The summed E-state index contributed by atoms with van der Waals surface area (Å²) in [6.07, 6.45) is 0. The number of amides is 1. The van der Waals surface area contributed by atoms with Gasteiger partial charge in [-0.15, -0.1) is 0 Å². The van der Waals surface area contributed by atoms with Gasteiger partial charge in [0.25, 0.3) is 0 Å². The molecule has 31 heavy (non-hydrogen) atoms. The Kier molecular flexibility index (Phi) is 7.74. The number of hydrogen-bond acceptors (Lipinski definition) is 4. The zero-order valence-electron chi connectivity index (χ0n) is 18.6. The molecule has 1 aliphatic rings. The SMILES string of the molecule is COc1cccc([C@@H]2CN(C(=S)NC(C)C)C[C@H]2C(=O)NCc2ccccc2)c1OC. The highest BCUT2D eigenvalue weighted by atomic mass is 32.1. The maximum atomic E-state index is 13.3. The van der Waals surface area contributed by atoms with E-state index in [1.54, 1.807) is 14.2 Å². The van der Waals surface area contributed by atoms with Crippen molar-refractivity contribution in [1.82, 2.24) is 15.5 Å². The third kappa shape index (κ3) is 5.47. The van der Waals surface area contributed by atoms with Gasteiger partial charge in [0, 0.05) is 37.2 Å². The van der Waals surface area contributed by atoms with Gasteiger partial charge in [0.1, 0.15) is 0 Å². The molecule has 1 amide bonds. The number of ether oxygens (including phenoxy) is 2. The Bertz CT molecular complexity index is 904. The lowest BCUT2D eigenvalue weighted by atomic mass is 9.87. The van der Waals surface area contributed by atoms with E-state index in [4.69, 9.17) is 21.7 Å². The fourth-order valence-electron chi connectivity index (χ4n) is 4.01. The van der Waals surface area contributed by atoms with Gasteiger partial charge in [-0.3, -0.25) is 4.79 Å². The lowest BCUT2D eigenvalue weighted by Crippen LogP contribution is -2.42. The van der Waals surface area contributed by atoms with Crippen molar-refractivity contribution in [2.24, 2.45) is 5.92 Å². The number of hydrogen-bond donors (Lipinski definition) is 2. The van der Waals surface area contributed by atoms with Gasteiger partial charge in [-0.05, 0) is 37.7 Å². The highest BCUT2D eigenvalue weighted by molar-refractivity contribution is 7.80. The van der Waals surface area contributed by atoms with E-state index >= 15 is 0 Å². The standard InChI is InChI=1S/C24H31N3O3S/c1-16(2)26-24(31)27-14-19(18-11-8-12-21(29-3)22(18)30-4)20(15-27)23(28)25-13-17-9-6-5-7-10-17/h5-12,16,19-20H,13-15H2,1-4H3,(H,25,28)(H,26,31)/t19-,20+/m0/s1. The summed E-state index contributed by atoms with van der Waals surface area (Å²) in [5.41, 5.74) is 2.02. The van der Waals surface area contributed by atoms with E-state index in [9.17, 15) is 4.79 Å². The quantitative estimate of drug-likeness (QED) is 0.643.